The van der Waals surface area contributed by atoms with E-state index in [-0.39, 0.29) is 19.0 Å². The van der Waals surface area contributed by atoms with Crippen LogP contribution in [-0.4, -0.2) is 18.3 Å². The van der Waals surface area contributed by atoms with Gasteiger partial charge in [0, 0.05) is 6.61 Å². The summed E-state index contributed by atoms with van der Waals surface area (Å²) in [5, 5.41) is 11.6. The molecule has 0 atom stereocenters. The second kappa shape index (κ2) is 7.16. The van der Waals surface area contributed by atoms with Crippen LogP contribution in [0.2, 0.25) is 0 Å². The van der Waals surface area contributed by atoms with Crippen molar-refractivity contribution in [3.05, 3.63) is 24.2 Å². The van der Waals surface area contributed by atoms with E-state index < -0.39 is 0 Å². The number of aliphatic hydroxyl groups excluding tert-OH is 1. The molecule has 3 nitrogen and oxygen atoms in total. The number of hydrogen-bond acceptors (Lipinski definition) is 3. The van der Waals surface area contributed by atoms with Crippen LogP contribution in [0.1, 0.15) is 12.2 Å². The van der Waals surface area contributed by atoms with Gasteiger partial charge in [0.15, 0.2) is 0 Å². The summed E-state index contributed by atoms with van der Waals surface area (Å²) in [5.41, 5.74) is 0. The van der Waals surface area contributed by atoms with Gasteiger partial charge in [0.25, 0.3) is 0 Å². The lowest BCUT2D eigenvalue weighted by atomic mass is 10.4. The number of furan rings is 1. The van der Waals surface area contributed by atoms with Crippen molar-refractivity contribution in [3.8, 4) is 0 Å². The first kappa shape index (κ1) is 11.5. The van der Waals surface area contributed by atoms with Gasteiger partial charge in [-0.15, -0.1) is 12.4 Å². The van der Waals surface area contributed by atoms with Gasteiger partial charge in [0.05, 0.1) is 12.8 Å². The van der Waals surface area contributed by atoms with Gasteiger partial charge in [-0.3, -0.25) is 0 Å². The Labute approximate surface area is 78.2 Å². The van der Waals surface area contributed by atoms with Crippen LogP contribution in [0.25, 0.3) is 0 Å². The molecule has 0 amide bonds. The van der Waals surface area contributed by atoms with Crippen LogP contribution in [0.5, 0.6) is 0 Å². The fourth-order valence-electron chi connectivity index (χ4n) is 0.829. The first-order valence-electron chi connectivity index (χ1n) is 3.77. The molecule has 0 bridgehead atoms. The lowest BCUT2D eigenvalue weighted by Gasteiger charge is -1.98. The predicted octanol–water partition coefficient (Wildman–Crippen LogP) is 1.17. The molecule has 1 heterocycles. The predicted molar refractivity (Wildman–Crippen MR) is 49.4 cm³/mol. The smallest absolute Gasteiger partial charge is 0.117 e. The SMILES string of the molecule is Cl.OCCCNCc1ccco1. The van der Waals surface area contributed by atoms with E-state index >= 15 is 0 Å². The van der Waals surface area contributed by atoms with E-state index in [9.17, 15) is 0 Å². The molecular formula is C8H14ClNO2. The fraction of sp³-hybridized carbons (Fsp3) is 0.500. The summed E-state index contributed by atoms with van der Waals surface area (Å²) in [5.74, 6) is 0.933. The monoisotopic (exact) mass is 191 g/mol. The average molecular weight is 192 g/mol. The molecule has 0 fully saturated rings. The maximum Gasteiger partial charge on any atom is 0.117 e. The molecular weight excluding hydrogens is 178 g/mol. The van der Waals surface area contributed by atoms with Gasteiger partial charge in [-0.1, -0.05) is 0 Å². The fourth-order valence-corrected chi connectivity index (χ4v) is 0.829. The highest BCUT2D eigenvalue weighted by molar-refractivity contribution is 5.85. The van der Waals surface area contributed by atoms with Crippen LogP contribution in [0.3, 0.4) is 0 Å². The number of nitrogens with one attached hydrogen (secondary N) is 1. The molecule has 0 unspecified atom stereocenters. The van der Waals surface area contributed by atoms with Crippen molar-refractivity contribution in [2.75, 3.05) is 13.2 Å². The van der Waals surface area contributed by atoms with E-state index in [1.165, 1.54) is 0 Å². The number of hydrogen-bond donors (Lipinski definition) is 2. The van der Waals surface area contributed by atoms with Crippen LogP contribution in [0.4, 0.5) is 0 Å². The second-order valence-corrected chi connectivity index (χ2v) is 2.33. The molecule has 0 aromatic carbocycles. The number of rotatable bonds is 5. The Kier molecular flexibility index (Phi) is 6.85. The third kappa shape index (κ3) is 4.38. The average Bonchev–Trinajstić information content (AvgIpc) is 2.50. The zero-order chi connectivity index (χ0) is 7.94. The van der Waals surface area contributed by atoms with Gasteiger partial charge in [0.1, 0.15) is 5.76 Å². The molecule has 2 N–H and O–H groups in total. The summed E-state index contributed by atoms with van der Waals surface area (Å²) < 4.78 is 5.09. The van der Waals surface area contributed by atoms with Gasteiger partial charge in [-0.25, -0.2) is 0 Å². The summed E-state index contributed by atoms with van der Waals surface area (Å²) in [6.45, 7) is 1.81. The molecule has 1 rings (SSSR count). The van der Waals surface area contributed by atoms with Gasteiger partial charge in [-0.2, -0.15) is 0 Å². The summed E-state index contributed by atoms with van der Waals surface area (Å²) in [4.78, 5) is 0. The van der Waals surface area contributed by atoms with Crippen LogP contribution in [0.15, 0.2) is 22.8 Å². The molecule has 0 saturated carbocycles. The highest BCUT2D eigenvalue weighted by Crippen LogP contribution is 1.97. The Balaban J connectivity index is 0.00000121. The Morgan fingerprint density at radius 3 is 2.92 bits per heavy atom. The van der Waals surface area contributed by atoms with Crippen molar-refractivity contribution in [2.45, 2.75) is 13.0 Å². The molecule has 0 spiro atoms. The van der Waals surface area contributed by atoms with Crippen molar-refractivity contribution >= 4 is 12.4 Å². The molecule has 1 aromatic heterocycles. The van der Waals surface area contributed by atoms with Gasteiger partial charge in [-0.05, 0) is 25.1 Å². The van der Waals surface area contributed by atoms with Crippen molar-refractivity contribution in [2.24, 2.45) is 0 Å². The van der Waals surface area contributed by atoms with Gasteiger partial charge >= 0.3 is 0 Å². The van der Waals surface area contributed by atoms with Gasteiger partial charge in [0.2, 0.25) is 0 Å². The summed E-state index contributed by atoms with van der Waals surface area (Å²) in [6, 6.07) is 3.79. The molecule has 1 aromatic rings. The highest BCUT2D eigenvalue weighted by atomic mass is 35.5. The second-order valence-electron chi connectivity index (χ2n) is 2.33. The maximum atomic E-state index is 8.46. The van der Waals surface area contributed by atoms with E-state index in [1.54, 1.807) is 6.26 Å². The molecule has 12 heavy (non-hydrogen) atoms. The maximum absolute atomic E-state index is 8.46. The molecule has 4 heteroatoms. The number of halogens is 1. The van der Waals surface area contributed by atoms with E-state index in [4.69, 9.17) is 9.52 Å². The van der Waals surface area contributed by atoms with Crippen molar-refractivity contribution in [1.29, 1.82) is 0 Å². The minimum atomic E-state index is 0. The largest absolute Gasteiger partial charge is 0.468 e. The van der Waals surface area contributed by atoms with E-state index in [0.29, 0.717) is 0 Å². The Bertz CT molecular complexity index is 177. The topological polar surface area (TPSA) is 45.4 Å². The summed E-state index contributed by atoms with van der Waals surface area (Å²) in [7, 11) is 0. The van der Waals surface area contributed by atoms with Crippen molar-refractivity contribution in [3.63, 3.8) is 0 Å². The number of aliphatic hydroxyl groups is 1. The lowest BCUT2D eigenvalue weighted by molar-refractivity contribution is 0.285. The van der Waals surface area contributed by atoms with Crippen LogP contribution >= 0.6 is 12.4 Å². The normalized spacial score (nSPS) is 9.42. The van der Waals surface area contributed by atoms with Crippen LogP contribution in [-0.2, 0) is 6.54 Å². The first-order valence-corrected chi connectivity index (χ1v) is 3.77. The lowest BCUT2D eigenvalue weighted by Crippen LogP contribution is -2.15. The quantitative estimate of drug-likeness (QED) is 0.687. The Morgan fingerprint density at radius 1 is 1.50 bits per heavy atom. The zero-order valence-corrected chi connectivity index (χ0v) is 7.64. The zero-order valence-electron chi connectivity index (χ0n) is 6.82. The van der Waals surface area contributed by atoms with Crippen LogP contribution in [0, 0.1) is 0 Å². The molecule has 0 saturated heterocycles. The summed E-state index contributed by atoms with van der Waals surface area (Å²) in [6.07, 6.45) is 2.45. The van der Waals surface area contributed by atoms with Gasteiger partial charge < -0.3 is 14.8 Å². The highest BCUT2D eigenvalue weighted by Gasteiger charge is 1.92. The first-order chi connectivity index (χ1) is 5.43. The van der Waals surface area contributed by atoms with E-state index in [0.717, 1.165) is 25.3 Å². The molecule has 0 aliphatic heterocycles. The Hall–Kier alpha value is -0.510. The summed E-state index contributed by atoms with van der Waals surface area (Å²) >= 11 is 0. The Morgan fingerprint density at radius 2 is 2.33 bits per heavy atom. The third-order valence-corrected chi connectivity index (χ3v) is 1.39. The van der Waals surface area contributed by atoms with Crippen molar-refractivity contribution in [1.82, 2.24) is 5.32 Å². The molecule has 0 radical (unpaired) electrons. The minimum Gasteiger partial charge on any atom is -0.468 e. The van der Waals surface area contributed by atoms with Crippen LogP contribution < -0.4 is 5.32 Å². The minimum absolute atomic E-state index is 0. The van der Waals surface area contributed by atoms with E-state index in [1.807, 2.05) is 12.1 Å². The standard InChI is InChI=1S/C8H13NO2.ClH/c10-5-2-4-9-7-8-3-1-6-11-8;/h1,3,6,9-10H,2,4-5,7H2;1H. The molecule has 0 aliphatic rings. The van der Waals surface area contributed by atoms with E-state index in [2.05, 4.69) is 5.32 Å². The van der Waals surface area contributed by atoms with Crippen molar-refractivity contribution < 1.29 is 9.52 Å². The molecule has 70 valence electrons. The molecule has 0 aliphatic carbocycles. The third-order valence-electron chi connectivity index (χ3n) is 1.39.